The second kappa shape index (κ2) is 6.12. The number of amides is 1. The van der Waals surface area contributed by atoms with Gasteiger partial charge in [-0.25, -0.2) is 0 Å². The van der Waals surface area contributed by atoms with Crippen molar-refractivity contribution < 1.29 is 4.79 Å². The van der Waals surface area contributed by atoms with E-state index < -0.39 is 0 Å². The second-order valence-corrected chi connectivity index (χ2v) is 6.28. The molecule has 1 saturated heterocycles. The van der Waals surface area contributed by atoms with E-state index in [4.69, 9.17) is 5.73 Å². The first-order valence-corrected chi connectivity index (χ1v) is 6.87. The van der Waals surface area contributed by atoms with Crippen molar-refractivity contribution >= 4 is 30.1 Å². The summed E-state index contributed by atoms with van der Waals surface area (Å²) >= 11 is 1.96. The number of thioether (sulfide) groups is 1. The van der Waals surface area contributed by atoms with Gasteiger partial charge in [-0.15, -0.1) is 12.4 Å². The third kappa shape index (κ3) is 3.28. The van der Waals surface area contributed by atoms with Crippen LogP contribution in [0.2, 0.25) is 0 Å². The lowest BCUT2D eigenvalue weighted by molar-refractivity contribution is -0.135. The number of halogens is 1. The van der Waals surface area contributed by atoms with Gasteiger partial charge in [-0.1, -0.05) is 6.92 Å². The molecule has 5 heteroatoms. The molecule has 2 N–H and O–H groups in total. The lowest BCUT2D eigenvalue weighted by atomic mass is 10.1. The van der Waals surface area contributed by atoms with Crippen LogP contribution < -0.4 is 5.73 Å². The summed E-state index contributed by atoms with van der Waals surface area (Å²) in [5, 5.41) is 0.595. The van der Waals surface area contributed by atoms with Crippen molar-refractivity contribution in [1.29, 1.82) is 0 Å². The van der Waals surface area contributed by atoms with Crippen LogP contribution in [0.25, 0.3) is 0 Å². The molecule has 0 aromatic carbocycles. The van der Waals surface area contributed by atoms with Gasteiger partial charge in [0, 0.05) is 36.1 Å². The molecule has 16 heavy (non-hydrogen) atoms. The largest absolute Gasteiger partial charge is 0.341 e. The first-order valence-electron chi connectivity index (χ1n) is 5.83. The van der Waals surface area contributed by atoms with Gasteiger partial charge in [-0.05, 0) is 19.3 Å². The molecule has 94 valence electrons. The Morgan fingerprint density at radius 1 is 1.44 bits per heavy atom. The summed E-state index contributed by atoms with van der Waals surface area (Å²) in [6.07, 6.45) is 2.92. The van der Waals surface area contributed by atoms with Crippen LogP contribution in [0.5, 0.6) is 0 Å². The quantitative estimate of drug-likeness (QED) is 0.781. The zero-order valence-electron chi connectivity index (χ0n) is 9.72. The molecule has 0 bridgehead atoms. The highest BCUT2D eigenvalue weighted by atomic mass is 35.5. The number of carbonyl (C=O) groups excluding carboxylic acids is 1. The van der Waals surface area contributed by atoms with Crippen LogP contribution in [-0.4, -0.2) is 40.9 Å². The van der Waals surface area contributed by atoms with Crippen LogP contribution >= 0.6 is 24.2 Å². The molecule has 0 spiro atoms. The molecule has 1 aliphatic carbocycles. The fraction of sp³-hybridized carbons (Fsp3) is 0.909. The maximum Gasteiger partial charge on any atom is 0.225 e. The normalized spacial score (nSPS) is 34.6. The van der Waals surface area contributed by atoms with Gasteiger partial charge < -0.3 is 10.6 Å². The molecule has 1 heterocycles. The molecule has 2 fully saturated rings. The highest BCUT2D eigenvalue weighted by Crippen LogP contribution is 2.28. The lowest BCUT2D eigenvalue weighted by Gasteiger charge is -2.32. The molecule has 0 aromatic heterocycles. The maximum absolute atomic E-state index is 12.2. The van der Waals surface area contributed by atoms with E-state index in [2.05, 4.69) is 6.92 Å². The zero-order valence-corrected chi connectivity index (χ0v) is 11.4. The van der Waals surface area contributed by atoms with E-state index in [1.54, 1.807) is 0 Å². The predicted molar refractivity (Wildman–Crippen MR) is 71.1 cm³/mol. The van der Waals surface area contributed by atoms with Gasteiger partial charge in [0.05, 0.1) is 0 Å². The van der Waals surface area contributed by atoms with Crippen molar-refractivity contribution in [2.45, 2.75) is 37.5 Å². The number of nitrogens with zero attached hydrogens (tertiary/aromatic N) is 1. The molecule has 3 nitrogen and oxygen atoms in total. The van der Waals surface area contributed by atoms with Crippen molar-refractivity contribution in [3.8, 4) is 0 Å². The maximum atomic E-state index is 12.2. The average Bonchev–Trinajstić information content (AvgIpc) is 2.64. The molecule has 1 amide bonds. The van der Waals surface area contributed by atoms with E-state index in [9.17, 15) is 4.79 Å². The summed E-state index contributed by atoms with van der Waals surface area (Å²) in [5.41, 5.74) is 5.84. The van der Waals surface area contributed by atoms with Crippen molar-refractivity contribution in [3.05, 3.63) is 0 Å². The summed E-state index contributed by atoms with van der Waals surface area (Å²) < 4.78 is 0. The van der Waals surface area contributed by atoms with Crippen LogP contribution in [0, 0.1) is 5.92 Å². The van der Waals surface area contributed by atoms with Gasteiger partial charge in [0.1, 0.15) is 0 Å². The molecule has 1 aliphatic heterocycles. The van der Waals surface area contributed by atoms with Crippen LogP contribution in [0.1, 0.15) is 26.2 Å². The zero-order chi connectivity index (χ0) is 10.8. The van der Waals surface area contributed by atoms with Crippen LogP contribution in [0.3, 0.4) is 0 Å². The Balaban J connectivity index is 0.00000128. The van der Waals surface area contributed by atoms with Gasteiger partial charge in [0.2, 0.25) is 5.91 Å². The molecule has 2 rings (SSSR count). The molecule has 3 unspecified atom stereocenters. The molecule has 0 aromatic rings. The number of hydrogen-bond acceptors (Lipinski definition) is 3. The van der Waals surface area contributed by atoms with E-state index in [0.29, 0.717) is 11.2 Å². The molecule has 1 saturated carbocycles. The van der Waals surface area contributed by atoms with E-state index in [1.165, 1.54) is 0 Å². The summed E-state index contributed by atoms with van der Waals surface area (Å²) in [6, 6.07) is 0.260. The van der Waals surface area contributed by atoms with E-state index >= 15 is 0 Å². The van der Waals surface area contributed by atoms with Crippen molar-refractivity contribution in [1.82, 2.24) is 4.90 Å². The smallest absolute Gasteiger partial charge is 0.225 e. The van der Waals surface area contributed by atoms with Crippen LogP contribution in [-0.2, 0) is 4.79 Å². The van der Waals surface area contributed by atoms with Gasteiger partial charge >= 0.3 is 0 Å². The second-order valence-electron chi connectivity index (χ2n) is 4.74. The molecule has 0 radical (unpaired) electrons. The monoisotopic (exact) mass is 264 g/mol. The Kier molecular flexibility index (Phi) is 5.41. The minimum absolute atomic E-state index is 0. The lowest BCUT2D eigenvalue weighted by Crippen LogP contribution is -2.43. The Hall–Kier alpha value is 0.0700. The van der Waals surface area contributed by atoms with E-state index in [0.717, 1.165) is 38.1 Å². The van der Waals surface area contributed by atoms with Crippen LogP contribution in [0.4, 0.5) is 0 Å². The summed E-state index contributed by atoms with van der Waals surface area (Å²) in [7, 11) is 0. The molecule has 2 aliphatic rings. The van der Waals surface area contributed by atoms with E-state index in [1.807, 2.05) is 16.7 Å². The third-order valence-electron chi connectivity index (χ3n) is 3.38. The van der Waals surface area contributed by atoms with Gasteiger partial charge in [-0.3, -0.25) is 4.79 Å². The summed E-state index contributed by atoms with van der Waals surface area (Å²) in [6.45, 7) is 4.05. The fourth-order valence-electron chi connectivity index (χ4n) is 2.52. The van der Waals surface area contributed by atoms with Crippen molar-refractivity contribution in [2.24, 2.45) is 11.7 Å². The van der Waals surface area contributed by atoms with Gasteiger partial charge in [0.15, 0.2) is 0 Å². The first-order chi connectivity index (χ1) is 7.16. The Morgan fingerprint density at radius 2 is 2.19 bits per heavy atom. The molecular formula is C11H21ClN2OS. The van der Waals surface area contributed by atoms with Gasteiger partial charge in [0.25, 0.3) is 0 Å². The Morgan fingerprint density at radius 3 is 2.75 bits per heavy atom. The highest BCUT2D eigenvalue weighted by Gasteiger charge is 2.32. The van der Waals surface area contributed by atoms with Crippen molar-refractivity contribution in [2.75, 3.05) is 18.8 Å². The molecule has 3 atom stereocenters. The first kappa shape index (κ1) is 14.1. The van der Waals surface area contributed by atoms with Gasteiger partial charge in [-0.2, -0.15) is 11.8 Å². The fourth-order valence-corrected chi connectivity index (χ4v) is 3.53. The highest BCUT2D eigenvalue weighted by molar-refractivity contribution is 7.99. The SMILES string of the molecule is CC1CN(C(=O)C2CCC(N)C2)CCS1.Cl. The topological polar surface area (TPSA) is 46.3 Å². The summed E-state index contributed by atoms with van der Waals surface area (Å²) in [4.78, 5) is 14.2. The Labute approximate surface area is 108 Å². The molecular weight excluding hydrogens is 244 g/mol. The van der Waals surface area contributed by atoms with Crippen LogP contribution in [0.15, 0.2) is 0 Å². The number of rotatable bonds is 1. The minimum atomic E-state index is 0. The van der Waals surface area contributed by atoms with E-state index in [-0.39, 0.29) is 24.4 Å². The minimum Gasteiger partial charge on any atom is -0.341 e. The number of nitrogens with two attached hydrogens (primary N) is 1. The summed E-state index contributed by atoms with van der Waals surface area (Å²) in [5.74, 6) is 1.66. The Bertz CT molecular complexity index is 252. The van der Waals surface area contributed by atoms with Crippen molar-refractivity contribution in [3.63, 3.8) is 0 Å². The number of carbonyl (C=O) groups is 1. The number of hydrogen-bond donors (Lipinski definition) is 1. The third-order valence-corrected chi connectivity index (χ3v) is 4.51. The predicted octanol–water partition coefficient (Wildman–Crippen LogP) is 1.50. The standard InChI is InChI=1S/C11H20N2OS.ClH/c1-8-7-13(4-5-15-8)11(14)9-2-3-10(12)6-9;/h8-10H,2-7,12H2,1H3;1H. The average molecular weight is 265 g/mol.